The van der Waals surface area contributed by atoms with Crippen LogP contribution in [0.4, 0.5) is 4.79 Å². The number of hydrogen-bond donors (Lipinski definition) is 3. The predicted molar refractivity (Wildman–Crippen MR) is 168 cm³/mol. The number of rotatable bonds is 10. The van der Waals surface area contributed by atoms with Crippen molar-refractivity contribution < 1.29 is 9.90 Å². The Bertz CT molecular complexity index is 984. The average molecular weight is 560 g/mol. The van der Waals surface area contributed by atoms with Crippen LogP contribution in [-0.2, 0) is 5.60 Å². The van der Waals surface area contributed by atoms with E-state index in [1.54, 1.807) is 0 Å². The first-order valence-electron chi connectivity index (χ1n) is 16.7. The van der Waals surface area contributed by atoms with Crippen molar-refractivity contribution in [2.75, 3.05) is 6.54 Å². The summed E-state index contributed by atoms with van der Waals surface area (Å²) in [5, 5.41) is 18.3. The van der Waals surface area contributed by atoms with Gasteiger partial charge in [-0.15, -0.1) is 0 Å². The van der Waals surface area contributed by atoms with Gasteiger partial charge in [-0.1, -0.05) is 99.2 Å². The zero-order valence-electron chi connectivity index (χ0n) is 25.3. The molecular formula is C36H53N3O2. The second kappa shape index (κ2) is 14.7. The molecule has 3 saturated carbocycles. The van der Waals surface area contributed by atoms with Crippen LogP contribution in [0.2, 0.25) is 0 Å². The molecule has 3 aliphatic carbocycles. The number of nitrogens with zero attached hydrogens (tertiary/aromatic N) is 1. The number of carbonyl (C=O) groups excluding carboxylic acids is 1. The molecule has 0 aromatic heterocycles. The van der Waals surface area contributed by atoms with E-state index in [2.05, 4.69) is 15.5 Å². The number of hydrogen-bond acceptors (Lipinski definition) is 3. The van der Waals surface area contributed by atoms with Gasteiger partial charge in [-0.2, -0.15) is 0 Å². The Morgan fingerprint density at radius 2 is 1.27 bits per heavy atom. The van der Waals surface area contributed by atoms with Crippen LogP contribution in [0.1, 0.15) is 114 Å². The van der Waals surface area contributed by atoms with Crippen LogP contribution in [0, 0.1) is 5.92 Å². The maximum absolute atomic E-state index is 13.1. The summed E-state index contributed by atoms with van der Waals surface area (Å²) < 4.78 is 0. The second-order valence-electron chi connectivity index (χ2n) is 13.2. The lowest BCUT2D eigenvalue weighted by Gasteiger charge is -2.42. The first-order chi connectivity index (χ1) is 20.0. The topological polar surface area (TPSA) is 64.6 Å². The van der Waals surface area contributed by atoms with Crippen LogP contribution in [0.5, 0.6) is 0 Å². The van der Waals surface area contributed by atoms with Crippen LogP contribution in [0.15, 0.2) is 60.7 Å². The number of benzene rings is 2. The molecule has 0 saturated heterocycles. The van der Waals surface area contributed by atoms with Gasteiger partial charge in [0.2, 0.25) is 0 Å². The zero-order valence-corrected chi connectivity index (χ0v) is 25.3. The number of aliphatic hydroxyl groups is 1. The molecule has 3 N–H and O–H groups in total. The molecule has 3 aliphatic rings. The van der Waals surface area contributed by atoms with Gasteiger partial charge in [-0.25, -0.2) is 4.79 Å². The van der Waals surface area contributed by atoms with Crippen LogP contribution in [0.25, 0.3) is 0 Å². The maximum atomic E-state index is 13.1. The minimum atomic E-state index is -1.32. The van der Waals surface area contributed by atoms with E-state index in [4.69, 9.17) is 0 Å². The maximum Gasteiger partial charge on any atom is 0.315 e. The van der Waals surface area contributed by atoms with Gasteiger partial charge in [-0.05, 0) is 88.3 Å². The molecule has 1 atom stereocenters. The minimum Gasteiger partial charge on any atom is -0.378 e. The zero-order chi connectivity index (χ0) is 28.5. The fourth-order valence-electron chi connectivity index (χ4n) is 8.00. The molecule has 2 aromatic rings. The smallest absolute Gasteiger partial charge is 0.315 e. The average Bonchev–Trinajstić information content (AvgIpc) is 3.03. The van der Waals surface area contributed by atoms with Gasteiger partial charge in [0.05, 0.1) is 6.04 Å². The number of urea groups is 1. The van der Waals surface area contributed by atoms with E-state index < -0.39 is 11.6 Å². The number of nitrogens with one attached hydrogen (secondary N) is 2. The highest BCUT2D eigenvalue weighted by atomic mass is 16.3. The third-order valence-corrected chi connectivity index (χ3v) is 10.5. The van der Waals surface area contributed by atoms with E-state index in [1.165, 1.54) is 90.0 Å². The van der Waals surface area contributed by atoms with Gasteiger partial charge in [0.15, 0.2) is 0 Å². The van der Waals surface area contributed by atoms with Gasteiger partial charge in [0.25, 0.3) is 0 Å². The van der Waals surface area contributed by atoms with Gasteiger partial charge >= 0.3 is 6.03 Å². The lowest BCUT2D eigenvalue weighted by Crippen LogP contribution is -2.54. The standard InChI is InChI=1S/C36H53N3O2/c1-28(36(41,30-14-6-2-7-15-30)31-16-8-3-9-17-31)37-35(40)38-32-24-22-29(23-25-32)26-27-39(33-18-10-4-11-19-33)34-20-12-5-13-21-34/h2-3,6-9,14-17,28-29,32-34,41H,4-5,10-13,18-27H2,1H3,(H2,37,38,40). The minimum absolute atomic E-state index is 0.188. The van der Waals surface area contributed by atoms with E-state index in [9.17, 15) is 9.90 Å². The largest absolute Gasteiger partial charge is 0.378 e. The van der Waals surface area contributed by atoms with Gasteiger partial charge in [0.1, 0.15) is 5.60 Å². The van der Waals surface area contributed by atoms with Crippen LogP contribution < -0.4 is 10.6 Å². The molecule has 2 amide bonds. The molecule has 3 fully saturated rings. The molecule has 0 bridgehead atoms. The van der Waals surface area contributed by atoms with E-state index in [1.807, 2.05) is 67.6 Å². The van der Waals surface area contributed by atoms with Gasteiger partial charge in [-0.3, -0.25) is 4.90 Å². The van der Waals surface area contributed by atoms with E-state index in [-0.39, 0.29) is 12.1 Å². The summed E-state index contributed by atoms with van der Waals surface area (Å²) in [6.07, 6.45) is 19.9. The lowest BCUT2D eigenvalue weighted by atomic mass is 9.81. The number of carbonyl (C=O) groups is 1. The number of amides is 2. The molecule has 0 radical (unpaired) electrons. The summed E-state index contributed by atoms with van der Waals surface area (Å²) >= 11 is 0. The first kappa shape index (κ1) is 30.1. The molecule has 0 aliphatic heterocycles. The SMILES string of the molecule is CC(NC(=O)NC1CCC(CCN(C2CCCCC2)C2CCCCC2)CC1)C(O)(c1ccccc1)c1ccccc1. The van der Waals surface area contributed by atoms with Crippen molar-refractivity contribution in [3.05, 3.63) is 71.8 Å². The highest BCUT2D eigenvalue weighted by Crippen LogP contribution is 2.34. The third-order valence-electron chi connectivity index (χ3n) is 10.5. The van der Waals surface area contributed by atoms with Crippen LogP contribution in [0.3, 0.4) is 0 Å². The van der Waals surface area contributed by atoms with E-state index in [0.717, 1.165) is 42.0 Å². The molecule has 5 rings (SSSR count). The summed E-state index contributed by atoms with van der Waals surface area (Å²) in [5.74, 6) is 0.769. The lowest BCUT2D eigenvalue weighted by molar-refractivity contribution is 0.0470. The summed E-state index contributed by atoms with van der Waals surface area (Å²) in [4.78, 5) is 16.1. The summed E-state index contributed by atoms with van der Waals surface area (Å²) in [7, 11) is 0. The Labute approximate surface area is 248 Å². The Morgan fingerprint density at radius 1 is 0.780 bits per heavy atom. The van der Waals surface area contributed by atoms with E-state index >= 15 is 0 Å². The summed E-state index contributed by atoms with van der Waals surface area (Å²) in [6, 6.07) is 20.4. The van der Waals surface area contributed by atoms with E-state index in [0.29, 0.717) is 0 Å². The molecule has 0 heterocycles. The van der Waals surface area contributed by atoms with Crippen molar-refractivity contribution in [1.82, 2.24) is 15.5 Å². The van der Waals surface area contributed by atoms with Crippen LogP contribution in [-0.4, -0.2) is 46.7 Å². The van der Waals surface area contributed by atoms with Gasteiger partial charge in [0, 0.05) is 18.1 Å². The van der Waals surface area contributed by atoms with Crippen molar-refractivity contribution in [2.24, 2.45) is 5.92 Å². The first-order valence-corrected chi connectivity index (χ1v) is 16.7. The molecule has 5 nitrogen and oxygen atoms in total. The van der Waals surface area contributed by atoms with Crippen molar-refractivity contribution >= 4 is 6.03 Å². The Hall–Kier alpha value is -2.37. The van der Waals surface area contributed by atoms with Crippen molar-refractivity contribution in [3.8, 4) is 0 Å². The van der Waals surface area contributed by atoms with Crippen molar-refractivity contribution in [2.45, 2.75) is 133 Å². The Morgan fingerprint density at radius 3 is 1.76 bits per heavy atom. The summed E-state index contributed by atoms with van der Waals surface area (Å²) in [5.41, 5.74) is 0.227. The normalized spacial score (nSPS) is 23.7. The second-order valence-corrected chi connectivity index (χ2v) is 13.2. The molecule has 41 heavy (non-hydrogen) atoms. The van der Waals surface area contributed by atoms with Crippen molar-refractivity contribution in [1.29, 1.82) is 0 Å². The molecule has 5 heteroatoms. The van der Waals surface area contributed by atoms with Gasteiger partial charge < -0.3 is 15.7 Å². The van der Waals surface area contributed by atoms with Crippen molar-refractivity contribution in [3.63, 3.8) is 0 Å². The third kappa shape index (κ3) is 7.73. The monoisotopic (exact) mass is 559 g/mol. The fraction of sp³-hybridized carbons (Fsp3) is 0.639. The Balaban J connectivity index is 1.11. The fourth-order valence-corrected chi connectivity index (χ4v) is 8.00. The highest BCUT2D eigenvalue weighted by Gasteiger charge is 2.39. The summed E-state index contributed by atoms with van der Waals surface area (Å²) in [6.45, 7) is 3.16. The predicted octanol–water partition coefficient (Wildman–Crippen LogP) is 7.53. The molecule has 2 aromatic carbocycles. The molecule has 0 spiro atoms. The molecule has 1 unspecified atom stereocenters. The molecule has 224 valence electrons. The Kier molecular flexibility index (Phi) is 10.8. The highest BCUT2D eigenvalue weighted by molar-refractivity contribution is 5.75. The van der Waals surface area contributed by atoms with Crippen LogP contribution >= 0.6 is 0 Å². The quantitative estimate of drug-likeness (QED) is 0.282. The molecular weight excluding hydrogens is 506 g/mol.